The van der Waals surface area contributed by atoms with Crippen LogP contribution in [0.25, 0.3) is 0 Å². The van der Waals surface area contributed by atoms with E-state index in [1.807, 2.05) is 13.8 Å². The first-order valence-electron chi connectivity index (χ1n) is 13.1. The Morgan fingerprint density at radius 3 is 2.57 bits per heavy atom. The van der Waals surface area contributed by atoms with E-state index in [1.165, 1.54) is 13.8 Å². The number of fused-ring (bicyclic) bond motifs is 5. The maximum Gasteiger partial charge on any atom is 0.306 e. The lowest BCUT2D eigenvalue weighted by molar-refractivity contribution is -0.191. The molecule has 8 nitrogen and oxygen atoms in total. The van der Waals surface area contributed by atoms with Crippen molar-refractivity contribution in [3.63, 3.8) is 0 Å². The Hall–Kier alpha value is -1.48. The van der Waals surface area contributed by atoms with Gasteiger partial charge in [-0.3, -0.25) is 9.59 Å². The molecule has 200 valence electrons. The van der Waals surface area contributed by atoms with Gasteiger partial charge in [0.05, 0.1) is 18.8 Å². The number of carbonyl (C=O) groups is 2. The van der Waals surface area contributed by atoms with E-state index >= 15 is 0 Å². The first-order valence-corrected chi connectivity index (χ1v) is 13.1. The van der Waals surface area contributed by atoms with Gasteiger partial charge < -0.3 is 29.5 Å². The molecule has 1 aliphatic carbocycles. The zero-order valence-corrected chi connectivity index (χ0v) is 21.9. The van der Waals surface area contributed by atoms with Crippen LogP contribution in [0.2, 0.25) is 0 Å². The minimum atomic E-state index is -1.79. The van der Waals surface area contributed by atoms with Gasteiger partial charge in [0, 0.05) is 25.2 Å². The van der Waals surface area contributed by atoms with Crippen LogP contribution in [0.15, 0.2) is 12.2 Å². The van der Waals surface area contributed by atoms with Crippen LogP contribution in [0, 0.1) is 23.7 Å². The number of carbonyl (C=O) groups excluding carboxylic acids is 2. The normalized spacial score (nSPS) is 42.3. The Morgan fingerprint density at radius 2 is 1.94 bits per heavy atom. The second-order valence-corrected chi connectivity index (χ2v) is 11.4. The molecule has 1 saturated carbocycles. The van der Waals surface area contributed by atoms with Gasteiger partial charge in [0.1, 0.15) is 23.4 Å². The van der Waals surface area contributed by atoms with Gasteiger partial charge in [0.15, 0.2) is 0 Å². The maximum absolute atomic E-state index is 12.7. The van der Waals surface area contributed by atoms with Crippen molar-refractivity contribution in [3.8, 4) is 0 Å². The second kappa shape index (κ2) is 10.9. The van der Waals surface area contributed by atoms with Crippen LogP contribution >= 0.6 is 0 Å². The standard InChI is InChI=1S/C27H44O8/c1-7-8-20(30)35-26(5)13-11-19(29)27(6,32)24(31)23-21-16(3)9-10-18(22(21)25(26)34-23)15(2)12-14-33-17(4)28/h15,18-19,21-25,29,31-32H,3,7-14H2,1-2,4-6H3/t15-,18-,19+,21+,22-,23+,24+,25-,26-,27-/m1/s1. The topological polar surface area (TPSA) is 123 Å². The molecular weight excluding hydrogens is 452 g/mol. The molecule has 0 aromatic heterocycles. The molecule has 0 unspecified atom stereocenters. The summed E-state index contributed by atoms with van der Waals surface area (Å²) in [7, 11) is 0. The highest BCUT2D eigenvalue weighted by atomic mass is 16.6. The first kappa shape index (κ1) is 28.1. The summed E-state index contributed by atoms with van der Waals surface area (Å²) in [5.74, 6) is -0.660. The van der Waals surface area contributed by atoms with Crippen LogP contribution < -0.4 is 0 Å². The minimum Gasteiger partial charge on any atom is -0.466 e. The number of rotatable bonds is 7. The molecule has 2 heterocycles. The minimum absolute atomic E-state index is 0.103. The van der Waals surface area contributed by atoms with Crippen LogP contribution in [0.5, 0.6) is 0 Å². The highest BCUT2D eigenvalue weighted by Crippen LogP contribution is 2.56. The summed E-state index contributed by atoms with van der Waals surface area (Å²) in [5, 5.41) is 33.3. The third-order valence-electron chi connectivity index (χ3n) is 8.70. The average molecular weight is 497 g/mol. The fraction of sp³-hybridized carbons (Fsp3) is 0.852. The van der Waals surface area contributed by atoms with Crippen LogP contribution in [0.3, 0.4) is 0 Å². The Morgan fingerprint density at radius 1 is 1.26 bits per heavy atom. The molecule has 0 amide bonds. The van der Waals surface area contributed by atoms with E-state index in [4.69, 9.17) is 14.2 Å². The second-order valence-electron chi connectivity index (χ2n) is 11.4. The van der Waals surface area contributed by atoms with Gasteiger partial charge in [-0.15, -0.1) is 0 Å². The van der Waals surface area contributed by atoms with Gasteiger partial charge in [-0.1, -0.05) is 26.0 Å². The molecule has 3 fully saturated rings. The monoisotopic (exact) mass is 496 g/mol. The van der Waals surface area contributed by atoms with Crippen LogP contribution in [-0.2, 0) is 23.8 Å². The molecular formula is C27H44O8. The summed E-state index contributed by atoms with van der Waals surface area (Å²) < 4.78 is 17.8. The zero-order valence-electron chi connectivity index (χ0n) is 21.9. The number of aliphatic hydroxyl groups excluding tert-OH is 2. The molecule has 10 atom stereocenters. The quantitative estimate of drug-likeness (QED) is 0.363. The predicted molar refractivity (Wildman–Crippen MR) is 129 cm³/mol. The zero-order chi connectivity index (χ0) is 26.1. The molecule has 0 radical (unpaired) electrons. The van der Waals surface area contributed by atoms with Crippen molar-refractivity contribution in [1.82, 2.24) is 0 Å². The average Bonchev–Trinajstić information content (AvgIpc) is 3.19. The molecule has 3 N–H and O–H groups in total. The van der Waals surface area contributed by atoms with Crippen molar-refractivity contribution in [1.29, 1.82) is 0 Å². The highest BCUT2D eigenvalue weighted by Gasteiger charge is 2.63. The maximum atomic E-state index is 12.7. The Kier molecular flexibility index (Phi) is 8.73. The van der Waals surface area contributed by atoms with Crippen molar-refractivity contribution in [2.24, 2.45) is 23.7 Å². The van der Waals surface area contributed by atoms with Crippen molar-refractivity contribution in [3.05, 3.63) is 12.2 Å². The summed E-state index contributed by atoms with van der Waals surface area (Å²) in [6.07, 6.45) is -0.208. The molecule has 35 heavy (non-hydrogen) atoms. The molecule has 0 aromatic rings. The van der Waals surface area contributed by atoms with Crippen LogP contribution in [0.4, 0.5) is 0 Å². The van der Waals surface area contributed by atoms with E-state index < -0.39 is 35.6 Å². The lowest BCUT2D eigenvalue weighted by Gasteiger charge is -2.47. The van der Waals surface area contributed by atoms with E-state index in [-0.39, 0.29) is 54.9 Å². The number of esters is 2. The Balaban J connectivity index is 2.02. The fourth-order valence-electron chi connectivity index (χ4n) is 6.56. The van der Waals surface area contributed by atoms with Crippen molar-refractivity contribution in [2.75, 3.05) is 6.61 Å². The molecule has 8 heteroatoms. The van der Waals surface area contributed by atoms with Gasteiger partial charge in [0.2, 0.25) is 0 Å². The first-order chi connectivity index (χ1) is 16.3. The summed E-state index contributed by atoms with van der Waals surface area (Å²) >= 11 is 0. The van der Waals surface area contributed by atoms with Crippen molar-refractivity contribution >= 4 is 11.9 Å². The lowest BCUT2D eigenvalue weighted by atomic mass is 9.59. The third kappa shape index (κ3) is 5.60. The number of aliphatic hydroxyl groups is 3. The number of ether oxygens (including phenoxy) is 3. The van der Waals surface area contributed by atoms with Gasteiger partial charge in [-0.25, -0.2) is 0 Å². The fourth-order valence-corrected chi connectivity index (χ4v) is 6.56. The Bertz CT molecular complexity index is 794. The number of hydrogen-bond acceptors (Lipinski definition) is 8. The molecule has 3 aliphatic rings. The molecule has 2 aliphatic heterocycles. The van der Waals surface area contributed by atoms with Crippen LogP contribution in [-0.4, -0.2) is 69.5 Å². The van der Waals surface area contributed by atoms with Gasteiger partial charge in [-0.05, 0) is 64.2 Å². The summed E-state index contributed by atoms with van der Waals surface area (Å²) in [6, 6.07) is 0. The molecule has 3 rings (SSSR count). The van der Waals surface area contributed by atoms with E-state index in [1.54, 1.807) is 0 Å². The Labute approximate surface area is 209 Å². The molecule has 2 bridgehead atoms. The largest absolute Gasteiger partial charge is 0.466 e. The lowest BCUT2D eigenvalue weighted by Crippen LogP contribution is -2.57. The molecule has 0 spiro atoms. The van der Waals surface area contributed by atoms with E-state index in [9.17, 15) is 24.9 Å². The van der Waals surface area contributed by atoms with Gasteiger partial charge >= 0.3 is 11.9 Å². The van der Waals surface area contributed by atoms with E-state index in [0.29, 0.717) is 19.4 Å². The van der Waals surface area contributed by atoms with Crippen molar-refractivity contribution in [2.45, 2.75) is 115 Å². The summed E-state index contributed by atoms with van der Waals surface area (Å²) in [5.41, 5.74) is -1.90. The van der Waals surface area contributed by atoms with E-state index in [2.05, 4.69) is 13.5 Å². The summed E-state index contributed by atoms with van der Waals surface area (Å²) in [4.78, 5) is 24.0. The molecule has 0 aromatic carbocycles. The smallest absolute Gasteiger partial charge is 0.306 e. The van der Waals surface area contributed by atoms with Gasteiger partial charge in [0.25, 0.3) is 0 Å². The predicted octanol–water partition coefficient (Wildman–Crippen LogP) is 2.91. The van der Waals surface area contributed by atoms with Gasteiger partial charge in [-0.2, -0.15) is 0 Å². The number of hydrogen-bond donors (Lipinski definition) is 3. The highest BCUT2D eigenvalue weighted by molar-refractivity contribution is 5.70. The van der Waals surface area contributed by atoms with Crippen molar-refractivity contribution < 1.29 is 39.1 Å². The SMILES string of the molecule is C=C1CC[C@H]([C@H](C)CCOC(C)=O)[C@@H]2[C@H]1[C@@H]1O[C@H]2[C@](C)(OC(=O)CCC)CC[C@H](O)[C@@](C)(O)[C@H]1O. The molecule has 2 saturated heterocycles. The van der Waals surface area contributed by atoms with Crippen LogP contribution in [0.1, 0.15) is 79.6 Å². The third-order valence-corrected chi connectivity index (χ3v) is 8.70. The summed E-state index contributed by atoms with van der Waals surface area (Å²) in [6.45, 7) is 13.4. The van der Waals surface area contributed by atoms with E-state index in [0.717, 1.165) is 18.4 Å².